The lowest BCUT2D eigenvalue weighted by molar-refractivity contribution is 0.112. The quantitative estimate of drug-likeness (QED) is 0.662. The summed E-state index contributed by atoms with van der Waals surface area (Å²) < 4.78 is 16.1. The number of methoxy groups -OCH3 is 1. The molecule has 0 radical (unpaired) electrons. The first-order chi connectivity index (χ1) is 9.26. The summed E-state index contributed by atoms with van der Waals surface area (Å²) in [5.41, 5.74) is 5.34. The summed E-state index contributed by atoms with van der Waals surface area (Å²) >= 11 is 0. The molecule has 0 aliphatic heterocycles. The van der Waals surface area contributed by atoms with Crippen LogP contribution in [0.25, 0.3) is 0 Å². The second-order valence-corrected chi connectivity index (χ2v) is 4.23. The molecule has 0 saturated carbocycles. The minimum atomic E-state index is 0. The first kappa shape index (κ1) is 19.0. The van der Waals surface area contributed by atoms with Gasteiger partial charge in [0.25, 0.3) is 0 Å². The third-order valence-corrected chi connectivity index (χ3v) is 2.68. The van der Waals surface area contributed by atoms with Crippen LogP contribution in [0.2, 0.25) is 0 Å². The molecule has 0 aliphatic rings. The minimum Gasteiger partial charge on any atom is -0.497 e. The number of hydrogen-bond acceptors (Lipinski definition) is 5. The molecule has 1 aromatic rings. The lowest BCUT2D eigenvalue weighted by Crippen LogP contribution is -2.28. The molecule has 0 aromatic heterocycles. The highest BCUT2D eigenvalue weighted by Gasteiger charge is 1.99. The van der Waals surface area contributed by atoms with Crippen LogP contribution in [0, 0.1) is 0 Å². The van der Waals surface area contributed by atoms with Crippen LogP contribution in [0.3, 0.4) is 0 Å². The number of halogens is 1. The van der Waals surface area contributed by atoms with Gasteiger partial charge in [0.15, 0.2) is 0 Å². The molecular weight excluding hydrogens is 280 g/mol. The van der Waals surface area contributed by atoms with Gasteiger partial charge in [0.1, 0.15) is 18.1 Å². The van der Waals surface area contributed by atoms with Gasteiger partial charge in [-0.15, -0.1) is 12.4 Å². The van der Waals surface area contributed by atoms with Gasteiger partial charge in [0.05, 0.1) is 20.3 Å². The second kappa shape index (κ2) is 11.8. The number of ether oxygens (including phenoxy) is 3. The maximum Gasteiger partial charge on any atom is 0.119 e. The van der Waals surface area contributed by atoms with E-state index in [2.05, 4.69) is 4.90 Å². The molecule has 1 aromatic carbocycles. The Balaban J connectivity index is 0.00000361. The largest absolute Gasteiger partial charge is 0.497 e. The van der Waals surface area contributed by atoms with E-state index in [-0.39, 0.29) is 12.4 Å². The summed E-state index contributed by atoms with van der Waals surface area (Å²) in [6.07, 6.45) is 0. The van der Waals surface area contributed by atoms with Crippen LogP contribution >= 0.6 is 12.4 Å². The molecule has 0 saturated heterocycles. The average Bonchev–Trinajstić information content (AvgIpc) is 2.44. The molecule has 6 heteroatoms. The molecular formula is C14H25ClN2O3. The van der Waals surface area contributed by atoms with Crippen LogP contribution in [0.1, 0.15) is 0 Å². The molecule has 0 aliphatic carbocycles. The van der Waals surface area contributed by atoms with Crippen molar-refractivity contribution in [3.05, 3.63) is 24.3 Å². The molecule has 20 heavy (non-hydrogen) atoms. The van der Waals surface area contributed by atoms with Crippen LogP contribution in [0.4, 0.5) is 0 Å². The maximum absolute atomic E-state index is 5.65. The van der Waals surface area contributed by atoms with Gasteiger partial charge in [0.2, 0.25) is 0 Å². The Morgan fingerprint density at radius 1 is 1.00 bits per heavy atom. The zero-order chi connectivity index (χ0) is 13.9. The summed E-state index contributed by atoms with van der Waals surface area (Å²) in [4.78, 5) is 2.17. The molecule has 0 bridgehead atoms. The van der Waals surface area contributed by atoms with Crippen molar-refractivity contribution in [2.24, 2.45) is 5.73 Å². The normalized spacial score (nSPS) is 10.2. The van der Waals surface area contributed by atoms with Crippen molar-refractivity contribution < 1.29 is 14.2 Å². The predicted molar refractivity (Wildman–Crippen MR) is 83.1 cm³/mol. The monoisotopic (exact) mass is 304 g/mol. The van der Waals surface area contributed by atoms with Crippen molar-refractivity contribution in [1.82, 2.24) is 4.90 Å². The lowest BCUT2D eigenvalue weighted by atomic mass is 10.3. The van der Waals surface area contributed by atoms with Gasteiger partial charge in [-0.2, -0.15) is 0 Å². The Morgan fingerprint density at radius 2 is 1.60 bits per heavy atom. The number of benzene rings is 1. The first-order valence-corrected chi connectivity index (χ1v) is 6.49. The fourth-order valence-corrected chi connectivity index (χ4v) is 1.51. The topological polar surface area (TPSA) is 57.0 Å². The van der Waals surface area contributed by atoms with Gasteiger partial charge in [-0.05, 0) is 31.3 Å². The molecule has 1 rings (SSSR count). The minimum absolute atomic E-state index is 0. The molecule has 5 nitrogen and oxygen atoms in total. The number of nitrogens with two attached hydrogens (primary N) is 1. The third-order valence-electron chi connectivity index (χ3n) is 2.68. The van der Waals surface area contributed by atoms with Gasteiger partial charge >= 0.3 is 0 Å². The molecule has 0 heterocycles. The number of likely N-dealkylation sites (N-methyl/N-ethyl adjacent to an activating group) is 1. The van der Waals surface area contributed by atoms with Crippen LogP contribution in [0.5, 0.6) is 11.5 Å². The van der Waals surface area contributed by atoms with Gasteiger partial charge in [0, 0.05) is 19.6 Å². The molecule has 0 unspecified atom stereocenters. The predicted octanol–water partition coefficient (Wildman–Crippen LogP) is 1.40. The van der Waals surface area contributed by atoms with Gasteiger partial charge in [-0.1, -0.05) is 0 Å². The number of nitrogens with zero attached hydrogens (tertiary/aromatic N) is 1. The van der Waals surface area contributed by atoms with E-state index in [0.717, 1.165) is 24.6 Å². The first-order valence-electron chi connectivity index (χ1n) is 6.49. The summed E-state index contributed by atoms with van der Waals surface area (Å²) in [5, 5.41) is 0. The molecule has 116 valence electrons. The van der Waals surface area contributed by atoms with E-state index in [9.17, 15) is 0 Å². The van der Waals surface area contributed by atoms with E-state index < -0.39 is 0 Å². The summed E-state index contributed by atoms with van der Waals surface area (Å²) in [7, 11) is 3.70. The molecule has 0 atom stereocenters. The smallest absolute Gasteiger partial charge is 0.119 e. The van der Waals surface area contributed by atoms with Crippen molar-refractivity contribution in [3.63, 3.8) is 0 Å². The van der Waals surface area contributed by atoms with Crippen molar-refractivity contribution in [2.75, 3.05) is 53.6 Å². The van der Waals surface area contributed by atoms with Gasteiger partial charge < -0.3 is 24.8 Å². The SMILES string of the molecule is COc1ccc(OCCN(C)CCOCCN)cc1.Cl. The lowest BCUT2D eigenvalue weighted by Gasteiger charge is -2.16. The molecule has 2 N–H and O–H groups in total. The Labute approximate surface area is 127 Å². The summed E-state index contributed by atoms with van der Waals surface area (Å²) in [6, 6.07) is 7.59. The third kappa shape index (κ3) is 8.22. The van der Waals surface area contributed by atoms with Crippen molar-refractivity contribution >= 4 is 12.4 Å². The van der Waals surface area contributed by atoms with E-state index in [1.165, 1.54) is 0 Å². The van der Waals surface area contributed by atoms with Crippen LogP contribution in [-0.4, -0.2) is 58.5 Å². The standard InChI is InChI=1S/C14H24N2O3.ClH/c1-16(8-11-18-10-7-15)9-12-19-14-5-3-13(17-2)4-6-14;/h3-6H,7-12,15H2,1-2H3;1H. The Hall–Kier alpha value is -1.01. The van der Waals surface area contributed by atoms with Gasteiger partial charge in [-0.25, -0.2) is 0 Å². The number of rotatable bonds is 10. The fourth-order valence-electron chi connectivity index (χ4n) is 1.51. The van der Waals surface area contributed by atoms with E-state index in [0.29, 0.717) is 26.4 Å². The molecule has 0 spiro atoms. The zero-order valence-electron chi connectivity index (χ0n) is 12.2. The second-order valence-electron chi connectivity index (χ2n) is 4.23. The molecule has 0 fully saturated rings. The van der Waals surface area contributed by atoms with E-state index in [1.54, 1.807) is 7.11 Å². The Morgan fingerprint density at radius 3 is 2.20 bits per heavy atom. The summed E-state index contributed by atoms with van der Waals surface area (Å²) in [6.45, 7) is 4.29. The van der Waals surface area contributed by atoms with Crippen LogP contribution < -0.4 is 15.2 Å². The maximum atomic E-state index is 5.65. The highest BCUT2D eigenvalue weighted by molar-refractivity contribution is 5.85. The Bertz CT molecular complexity index is 336. The zero-order valence-corrected chi connectivity index (χ0v) is 13.0. The van der Waals surface area contributed by atoms with E-state index >= 15 is 0 Å². The average molecular weight is 305 g/mol. The molecule has 0 amide bonds. The highest BCUT2D eigenvalue weighted by atomic mass is 35.5. The number of hydrogen-bond donors (Lipinski definition) is 1. The van der Waals surface area contributed by atoms with Crippen molar-refractivity contribution in [2.45, 2.75) is 0 Å². The fraction of sp³-hybridized carbons (Fsp3) is 0.571. The van der Waals surface area contributed by atoms with E-state index in [1.807, 2.05) is 31.3 Å². The van der Waals surface area contributed by atoms with Crippen molar-refractivity contribution in [3.8, 4) is 11.5 Å². The van der Waals surface area contributed by atoms with Gasteiger partial charge in [-0.3, -0.25) is 0 Å². The highest BCUT2D eigenvalue weighted by Crippen LogP contribution is 2.16. The van der Waals surface area contributed by atoms with E-state index in [4.69, 9.17) is 19.9 Å². The summed E-state index contributed by atoms with van der Waals surface area (Å²) in [5.74, 6) is 1.69. The van der Waals surface area contributed by atoms with Crippen LogP contribution in [0.15, 0.2) is 24.3 Å². The van der Waals surface area contributed by atoms with Crippen molar-refractivity contribution in [1.29, 1.82) is 0 Å². The van der Waals surface area contributed by atoms with Crippen LogP contribution in [-0.2, 0) is 4.74 Å². The Kier molecular flexibility index (Phi) is 11.2.